The maximum absolute atomic E-state index is 11.4. The number of aromatic hydroxyl groups is 1. The number of aromatic nitrogens is 6. The number of nitrogens with zero attached hydrogens (tertiary/aromatic N) is 6. The molecule has 3 aromatic rings. The highest BCUT2D eigenvalue weighted by atomic mass is 16.3. The second-order valence-electron chi connectivity index (χ2n) is 8.16. The van der Waals surface area contributed by atoms with Gasteiger partial charge in [-0.1, -0.05) is 0 Å². The van der Waals surface area contributed by atoms with Crippen molar-refractivity contribution in [2.45, 2.75) is 31.7 Å². The minimum Gasteiger partial charge on any atom is -0.493 e. The van der Waals surface area contributed by atoms with E-state index in [1.807, 2.05) is 0 Å². The van der Waals surface area contributed by atoms with Crippen LogP contribution in [-0.2, 0) is 0 Å². The first-order valence-corrected chi connectivity index (χ1v) is 10.3. The van der Waals surface area contributed by atoms with Gasteiger partial charge >= 0.3 is 5.69 Å². The summed E-state index contributed by atoms with van der Waals surface area (Å²) in [5, 5.41) is 18.3. The Morgan fingerprint density at radius 1 is 1.27 bits per heavy atom. The molecule has 4 heterocycles. The van der Waals surface area contributed by atoms with E-state index in [0.29, 0.717) is 28.4 Å². The Kier molecular flexibility index (Phi) is 4.74. The molecule has 1 aliphatic heterocycles. The van der Waals surface area contributed by atoms with E-state index in [2.05, 4.69) is 47.3 Å². The maximum atomic E-state index is 11.4. The van der Waals surface area contributed by atoms with Crippen LogP contribution in [0.3, 0.4) is 0 Å². The predicted molar refractivity (Wildman–Crippen MR) is 110 cm³/mol. The number of likely N-dealkylation sites (tertiary alicyclic amines) is 1. The van der Waals surface area contributed by atoms with Gasteiger partial charge in [-0.3, -0.25) is 4.98 Å². The molecule has 5 rings (SSSR count). The van der Waals surface area contributed by atoms with Gasteiger partial charge < -0.3 is 20.3 Å². The Labute approximate surface area is 171 Å². The molecule has 0 spiro atoms. The van der Waals surface area contributed by atoms with Crippen LogP contribution in [0, 0.1) is 5.92 Å². The Balaban J connectivity index is 1.51. The van der Waals surface area contributed by atoms with Crippen LogP contribution in [0.4, 0.5) is 5.95 Å². The minimum atomic E-state index is -0.477. The summed E-state index contributed by atoms with van der Waals surface area (Å²) in [7, 11) is 2.15. The van der Waals surface area contributed by atoms with Gasteiger partial charge in [0.2, 0.25) is 11.8 Å². The number of nitrogens with one attached hydrogen (secondary N) is 3. The van der Waals surface area contributed by atoms with Gasteiger partial charge in [0.15, 0.2) is 5.65 Å². The van der Waals surface area contributed by atoms with Crippen LogP contribution in [0.15, 0.2) is 16.0 Å². The third kappa shape index (κ3) is 3.92. The number of hydrogen-bond donors (Lipinski definition) is 4. The fraction of sp³-hybridized carbons (Fsp3) is 0.526. The maximum Gasteiger partial charge on any atom is 0.326 e. The van der Waals surface area contributed by atoms with E-state index in [4.69, 9.17) is 0 Å². The van der Waals surface area contributed by atoms with Crippen LogP contribution in [0.25, 0.3) is 11.7 Å². The average molecular weight is 411 g/mol. The monoisotopic (exact) mass is 411 g/mol. The molecule has 0 amide bonds. The lowest BCUT2D eigenvalue weighted by molar-refractivity contribution is 0.226. The summed E-state index contributed by atoms with van der Waals surface area (Å²) >= 11 is 0. The van der Waals surface area contributed by atoms with Crippen molar-refractivity contribution >= 4 is 17.7 Å². The molecule has 4 N–H and O–H groups in total. The summed E-state index contributed by atoms with van der Waals surface area (Å²) in [6, 6.07) is 0.284. The molecule has 0 radical (unpaired) electrons. The molecule has 158 valence electrons. The first-order valence-electron chi connectivity index (χ1n) is 10.3. The van der Waals surface area contributed by atoms with Crippen molar-refractivity contribution in [3.63, 3.8) is 0 Å². The first kappa shape index (κ1) is 18.8. The van der Waals surface area contributed by atoms with Crippen molar-refractivity contribution in [2.75, 3.05) is 32.0 Å². The molecule has 1 saturated heterocycles. The molecule has 11 heteroatoms. The van der Waals surface area contributed by atoms with Crippen LogP contribution >= 0.6 is 0 Å². The van der Waals surface area contributed by atoms with Gasteiger partial charge in [-0.2, -0.15) is 19.6 Å². The molecule has 0 bridgehead atoms. The van der Waals surface area contributed by atoms with E-state index in [9.17, 15) is 9.90 Å². The quantitative estimate of drug-likeness (QED) is 0.431. The number of aromatic amines is 2. The Hall–Kier alpha value is -3.21. The van der Waals surface area contributed by atoms with Crippen LogP contribution in [0.2, 0.25) is 0 Å². The highest BCUT2D eigenvalue weighted by Gasteiger charge is 2.21. The SMILES string of the molecule is CN1CCC(CNc2nc(=NC3CC3)n3nc/c(=C\c4[nH]c(=O)[nH]c4O)c3n2)CC1. The van der Waals surface area contributed by atoms with E-state index in [1.54, 1.807) is 16.8 Å². The summed E-state index contributed by atoms with van der Waals surface area (Å²) in [6.07, 6.45) is 7.67. The summed E-state index contributed by atoms with van der Waals surface area (Å²) in [6.45, 7) is 3.02. The molecule has 30 heavy (non-hydrogen) atoms. The minimum absolute atomic E-state index is 0.225. The van der Waals surface area contributed by atoms with Crippen LogP contribution in [-0.4, -0.2) is 72.3 Å². The Morgan fingerprint density at radius 3 is 2.77 bits per heavy atom. The molecule has 0 unspecified atom stereocenters. The molecular weight excluding hydrogens is 386 g/mol. The number of fused-ring (bicyclic) bond motifs is 1. The van der Waals surface area contributed by atoms with Crippen molar-refractivity contribution in [3.8, 4) is 5.88 Å². The van der Waals surface area contributed by atoms with E-state index < -0.39 is 5.69 Å². The van der Waals surface area contributed by atoms with Gasteiger partial charge in [0, 0.05) is 11.8 Å². The highest BCUT2D eigenvalue weighted by molar-refractivity contribution is 5.57. The number of anilines is 1. The van der Waals surface area contributed by atoms with Gasteiger partial charge in [-0.05, 0) is 57.8 Å². The van der Waals surface area contributed by atoms with Gasteiger partial charge in [-0.25, -0.2) is 9.79 Å². The van der Waals surface area contributed by atoms with Crippen molar-refractivity contribution in [1.82, 2.24) is 34.4 Å². The van der Waals surface area contributed by atoms with Gasteiger partial charge in [0.05, 0.1) is 12.2 Å². The lowest BCUT2D eigenvalue weighted by Crippen LogP contribution is -2.33. The normalized spacial score (nSPS) is 19.8. The zero-order valence-electron chi connectivity index (χ0n) is 16.8. The average Bonchev–Trinajstić information content (AvgIpc) is 3.36. The molecule has 3 aromatic heterocycles. The zero-order valence-corrected chi connectivity index (χ0v) is 16.8. The molecule has 0 aromatic carbocycles. The highest BCUT2D eigenvalue weighted by Crippen LogP contribution is 2.22. The lowest BCUT2D eigenvalue weighted by Gasteiger charge is -2.28. The molecular formula is C19H25N9O2. The van der Waals surface area contributed by atoms with Crippen LogP contribution in [0.5, 0.6) is 5.88 Å². The predicted octanol–water partition coefficient (Wildman–Crippen LogP) is -0.789. The smallest absolute Gasteiger partial charge is 0.326 e. The molecule has 1 saturated carbocycles. The Bertz CT molecular complexity index is 1230. The number of hydrogen-bond acceptors (Lipinski definition) is 8. The third-order valence-electron chi connectivity index (χ3n) is 5.65. The van der Waals surface area contributed by atoms with Gasteiger partial charge in [0.25, 0.3) is 5.62 Å². The summed E-state index contributed by atoms with van der Waals surface area (Å²) < 4.78 is 1.60. The second kappa shape index (κ2) is 7.56. The van der Waals surface area contributed by atoms with Crippen molar-refractivity contribution in [1.29, 1.82) is 0 Å². The Morgan fingerprint density at radius 2 is 2.07 bits per heavy atom. The van der Waals surface area contributed by atoms with Gasteiger partial charge in [-0.15, -0.1) is 0 Å². The van der Waals surface area contributed by atoms with E-state index in [1.165, 1.54) is 0 Å². The lowest BCUT2D eigenvalue weighted by atomic mass is 9.97. The van der Waals surface area contributed by atoms with Crippen molar-refractivity contribution < 1.29 is 5.11 Å². The van der Waals surface area contributed by atoms with Crippen molar-refractivity contribution in [2.24, 2.45) is 10.9 Å². The molecule has 2 aliphatic rings. The fourth-order valence-electron chi connectivity index (χ4n) is 3.66. The fourth-order valence-corrected chi connectivity index (χ4v) is 3.66. The van der Waals surface area contributed by atoms with E-state index in [0.717, 1.165) is 45.3 Å². The second-order valence-corrected chi connectivity index (χ2v) is 8.16. The topological polar surface area (TPSA) is 140 Å². The summed E-state index contributed by atoms with van der Waals surface area (Å²) in [5.41, 5.74) is 0.876. The van der Waals surface area contributed by atoms with Crippen LogP contribution in [0.1, 0.15) is 31.4 Å². The third-order valence-corrected chi connectivity index (χ3v) is 5.65. The number of H-pyrrole nitrogens is 2. The van der Waals surface area contributed by atoms with Crippen LogP contribution < -0.4 is 21.8 Å². The first-order chi connectivity index (χ1) is 14.5. The van der Waals surface area contributed by atoms with E-state index >= 15 is 0 Å². The number of rotatable bonds is 5. The largest absolute Gasteiger partial charge is 0.493 e. The standard InChI is InChI=1S/C19H25N9O2/c1-27-6-4-11(5-7-27)9-20-17-24-15-12(8-14-16(29)25-19(30)23-14)10-21-28(15)18(26-17)22-13-2-3-13/h8,10-11,13,29H,2-7,9H2,1H3,(H,20,22,26)(H2,23,25,30)/b12-8+. The summed E-state index contributed by atoms with van der Waals surface area (Å²) in [5.74, 6) is 0.877. The number of imidazole rings is 1. The van der Waals surface area contributed by atoms with Gasteiger partial charge in [0.1, 0.15) is 5.69 Å². The number of piperidine rings is 1. The van der Waals surface area contributed by atoms with E-state index in [-0.39, 0.29) is 17.6 Å². The molecule has 11 nitrogen and oxygen atoms in total. The molecule has 0 atom stereocenters. The molecule has 1 aliphatic carbocycles. The summed E-state index contributed by atoms with van der Waals surface area (Å²) in [4.78, 5) is 32.6. The molecule has 2 fully saturated rings. The zero-order chi connectivity index (χ0) is 20.7. The van der Waals surface area contributed by atoms with Crippen molar-refractivity contribution in [3.05, 3.63) is 33.2 Å².